The molecule has 0 aromatic carbocycles. The van der Waals surface area contributed by atoms with Gasteiger partial charge in [-0.2, -0.15) is 0 Å². The van der Waals surface area contributed by atoms with Crippen LogP contribution in [0.1, 0.15) is 142 Å². The largest absolute Gasteiger partial charge is 0.472 e. The highest BCUT2D eigenvalue weighted by Gasteiger charge is 2.25. The van der Waals surface area contributed by atoms with Crippen LogP contribution in [0, 0.1) is 0 Å². The van der Waals surface area contributed by atoms with E-state index in [0.29, 0.717) is 12.8 Å². The van der Waals surface area contributed by atoms with Gasteiger partial charge in [-0.1, -0.05) is 155 Å². The Labute approximate surface area is 358 Å². The molecule has 0 saturated carbocycles. The van der Waals surface area contributed by atoms with Gasteiger partial charge in [-0.25, -0.2) is 4.57 Å². The summed E-state index contributed by atoms with van der Waals surface area (Å²) in [4.78, 5) is 34.9. The second kappa shape index (κ2) is 44.0. The molecule has 0 aliphatic heterocycles. The fourth-order valence-electron chi connectivity index (χ4n) is 5.11. The summed E-state index contributed by atoms with van der Waals surface area (Å²) in [6, 6.07) is 0. The number of hydrogen-bond acceptors (Lipinski definition) is 8. The van der Waals surface area contributed by atoms with Gasteiger partial charge in [0.1, 0.15) is 6.61 Å². The number of rotatable bonds is 39. The Hall–Kier alpha value is -3.59. The zero-order valence-corrected chi connectivity index (χ0v) is 37.3. The molecule has 0 aliphatic rings. The molecule has 0 aliphatic carbocycles. The van der Waals surface area contributed by atoms with Crippen molar-refractivity contribution in [3.8, 4) is 0 Å². The first-order chi connectivity index (χ1) is 28.8. The molecule has 59 heavy (non-hydrogen) atoms. The predicted octanol–water partition coefficient (Wildman–Crippen LogP) is 12.9. The fraction of sp³-hybridized carbons (Fsp3) is 0.551. The van der Waals surface area contributed by atoms with Gasteiger partial charge in [0.15, 0.2) is 6.10 Å². The summed E-state index contributed by atoms with van der Waals surface area (Å²) in [6.45, 7) is 3.43. The number of hydrogen-bond donors (Lipinski definition) is 2. The number of nitrogens with two attached hydrogens (primary N) is 1. The van der Waals surface area contributed by atoms with Crippen molar-refractivity contribution in [3.05, 3.63) is 122 Å². The first-order valence-electron chi connectivity index (χ1n) is 22.0. The third-order valence-corrected chi connectivity index (χ3v) is 9.33. The van der Waals surface area contributed by atoms with E-state index in [-0.39, 0.29) is 32.6 Å². The molecule has 0 saturated heterocycles. The van der Waals surface area contributed by atoms with Crippen molar-refractivity contribution in [1.82, 2.24) is 0 Å². The Morgan fingerprint density at radius 2 is 0.966 bits per heavy atom. The highest BCUT2D eigenvalue weighted by Crippen LogP contribution is 2.43. The third-order valence-electron chi connectivity index (χ3n) is 8.35. The highest BCUT2D eigenvalue weighted by atomic mass is 31.2. The molecule has 0 aromatic heterocycles. The van der Waals surface area contributed by atoms with Crippen LogP contribution >= 0.6 is 7.82 Å². The Morgan fingerprint density at radius 3 is 1.42 bits per heavy atom. The maximum atomic E-state index is 12.6. The Bertz CT molecular complexity index is 1370. The molecular formula is C49H78NO8P. The van der Waals surface area contributed by atoms with E-state index in [2.05, 4.69) is 123 Å². The van der Waals surface area contributed by atoms with Crippen LogP contribution in [-0.2, 0) is 32.7 Å². The van der Waals surface area contributed by atoms with Gasteiger partial charge in [0.2, 0.25) is 0 Å². The Morgan fingerprint density at radius 1 is 0.525 bits per heavy atom. The summed E-state index contributed by atoms with van der Waals surface area (Å²) in [5.74, 6) is -0.977. The average Bonchev–Trinajstić information content (AvgIpc) is 3.22. The molecular weight excluding hydrogens is 762 g/mol. The van der Waals surface area contributed by atoms with Gasteiger partial charge < -0.3 is 20.1 Å². The summed E-state index contributed by atoms with van der Waals surface area (Å²) in [5.41, 5.74) is 5.34. The smallest absolute Gasteiger partial charge is 0.462 e. The average molecular weight is 840 g/mol. The van der Waals surface area contributed by atoms with Crippen LogP contribution < -0.4 is 5.73 Å². The van der Waals surface area contributed by atoms with Crippen molar-refractivity contribution in [2.45, 2.75) is 148 Å². The lowest BCUT2D eigenvalue weighted by Crippen LogP contribution is -2.29. The van der Waals surface area contributed by atoms with Crippen LogP contribution in [0.4, 0.5) is 0 Å². The van der Waals surface area contributed by atoms with Gasteiger partial charge in [-0.3, -0.25) is 18.6 Å². The molecule has 0 spiro atoms. The van der Waals surface area contributed by atoms with E-state index in [0.717, 1.165) is 77.0 Å². The van der Waals surface area contributed by atoms with Crippen molar-refractivity contribution in [2.24, 2.45) is 5.73 Å². The maximum Gasteiger partial charge on any atom is 0.472 e. The monoisotopic (exact) mass is 840 g/mol. The van der Waals surface area contributed by atoms with Crippen molar-refractivity contribution >= 4 is 19.8 Å². The van der Waals surface area contributed by atoms with Crippen molar-refractivity contribution in [3.63, 3.8) is 0 Å². The molecule has 0 heterocycles. The summed E-state index contributed by atoms with van der Waals surface area (Å²) < 4.78 is 32.7. The number of phosphoric ester groups is 1. The predicted molar refractivity (Wildman–Crippen MR) is 247 cm³/mol. The lowest BCUT2D eigenvalue weighted by atomic mass is 10.1. The van der Waals surface area contributed by atoms with Crippen LogP contribution in [0.3, 0.4) is 0 Å². The first-order valence-corrected chi connectivity index (χ1v) is 23.5. The number of ether oxygens (including phenoxy) is 2. The van der Waals surface area contributed by atoms with Crippen LogP contribution in [0.2, 0.25) is 0 Å². The molecule has 332 valence electrons. The summed E-state index contributed by atoms with van der Waals surface area (Å²) >= 11 is 0. The maximum absolute atomic E-state index is 12.6. The van der Waals surface area contributed by atoms with Gasteiger partial charge in [0, 0.05) is 19.4 Å². The standard InChI is InChI=1S/C49H78NO8P/c1-3-5-7-9-11-13-15-17-19-21-23-25-27-29-31-33-35-37-39-41-48(51)55-45-47(46-57-59(53,54)56-44-43-50)58-49(52)42-40-38-36-34-32-30-28-26-24-22-20-18-16-14-12-10-8-6-4-2/h6,8,11-14,17-20,23-26,29-32,35,37,47H,3-5,7,9-10,15-16,21-22,27-28,33-34,36,38-46,50H2,1-2H3,(H,53,54)/t47-/m1/s1. The normalized spacial score (nSPS) is 14.4. The van der Waals surface area contributed by atoms with Gasteiger partial charge in [-0.15, -0.1) is 0 Å². The number of carbonyl (C=O) groups excluding carboxylic acids is 2. The topological polar surface area (TPSA) is 134 Å². The molecule has 10 heteroatoms. The minimum absolute atomic E-state index is 0.0308. The van der Waals surface area contributed by atoms with E-state index in [1.807, 2.05) is 12.2 Å². The molecule has 0 bridgehead atoms. The van der Waals surface area contributed by atoms with Crippen molar-refractivity contribution < 1.29 is 37.6 Å². The zero-order valence-electron chi connectivity index (χ0n) is 36.4. The van der Waals surface area contributed by atoms with Gasteiger partial charge in [0.25, 0.3) is 0 Å². The number of unbranched alkanes of at least 4 members (excludes halogenated alkanes) is 6. The molecule has 0 rings (SSSR count). The van der Waals surface area contributed by atoms with E-state index in [1.165, 1.54) is 25.7 Å². The summed E-state index contributed by atoms with van der Waals surface area (Å²) in [7, 11) is -4.41. The molecule has 1 unspecified atom stereocenters. The lowest BCUT2D eigenvalue weighted by molar-refractivity contribution is -0.161. The number of allylic oxidation sites excluding steroid dienone is 20. The second-order valence-corrected chi connectivity index (χ2v) is 15.3. The van der Waals surface area contributed by atoms with Gasteiger partial charge >= 0.3 is 19.8 Å². The van der Waals surface area contributed by atoms with E-state index in [4.69, 9.17) is 24.3 Å². The molecule has 0 amide bonds. The Kier molecular flexibility index (Phi) is 41.3. The van der Waals surface area contributed by atoms with Crippen LogP contribution in [-0.4, -0.2) is 49.3 Å². The van der Waals surface area contributed by atoms with E-state index in [9.17, 15) is 19.0 Å². The van der Waals surface area contributed by atoms with E-state index < -0.39 is 32.5 Å². The molecule has 9 nitrogen and oxygen atoms in total. The number of phosphoric acid groups is 1. The molecule has 3 N–H and O–H groups in total. The minimum atomic E-state index is -4.41. The molecule has 0 fully saturated rings. The van der Waals surface area contributed by atoms with Crippen molar-refractivity contribution in [2.75, 3.05) is 26.4 Å². The summed E-state index contributed by atoms with van der Waals surface area (Å²) in [5, 5.41) is 0. The summed E-state index contributed by atoms with van der Waals surface area (Å²) in [6.07, 6.45) is 59.6. The van der Waals surface area contributed by atoms with Crippen LogP contribution in [0.15, 0.2) is 122 Å². The third kappa shape index (κ3) is 43.8. The quantitative estimate of drug-likeness (QED) is 0.0268. The number of esters is 2. The van der Waals surface area contributed by atoms with E-state index in [1.54, 1.807) is 0 Å². The van der Waals surface area contributed by atoms with Gasteiger partial charge in [0.05, 0.1) is 13.2 Å². The van der Waals surface area contributed by atoms with E-state index >= 15 is 0 Å². The lowest BCUT2D eigenvalue weighted by Gasteiger charge is -2.19. The van der Waals surface area contributed by atoms with Crippen LogP contribution in [0.25, 0.3) is 0 Å². The first kappa shape index (κ1) is 55.4. The highest BCUT2D eigenvalue weighted by molar-refractivity contribution is 7.47. The van der Waals surface area contributed by atoms with Gasteiger partial charge in [-0.05, 0) is 96.3 Å². The Balaban J connectivity index is 4.37. The SMILES string of the molecule is CCC=CCC=CCC=CCC=CCC=CCCCCCC(=O)O[C@H](COC(=O)CCC=CCC=CCC=CCC=CCC=CCCCCC)COP(=O)(O)OCCN. The van der Waals surface area contributed by atoms with Crippen LogP contribution in [0.5, 0.6) is 0 Å². The molecule has 2 atom stereocenters. The number of carbonyl (C=O) groups is 2. The fourth-order valence-corrected chi connectivity index (χ4v) is 5.88. The second-order valence-electron chi connectivity index (χ2n) is 13.8. The minimum Gasteiger partial charge on any atom is -0.462 e. The molecule has 0 aromatic rings. The van der Waals surface area contributed by atoms with Crippen molar-refractivity contribution in [1.29, 1.82) is 0 Å². The molecule has 0 radical (unpaired) electrons. The zero-order chi connectivity index (χ0) is 43.2.